The van der Waals surface area contributed by atoms with Crippen LogP contribution in [0.4, 0.5) is 0 Å². The fourth-order valence-electron chi connectivity index (χ4n) is 2.07. The Kier molecular flexibility index (Phi) is 4.91. The minimum Gasteiger partial charge on any atom is -0.491 e. The zero-order valence-corrected chi connectivity index (χ0v) is 11.8. The quantitative estimate of drug-likeness (QED) is 0.594. The zero-order chi connectivity index (χ0) is 14.4. The fraction of sp³-hybridized carbons (Fsp3) is 0.235. The average molecular weight is 270 g/mol. The average Bonchev–Trinajstić information content (AvgIpc) is 2.48. The maximum atomic E-state index is 11.8. The molecule has 0 unspecified atom stereocenters. The topological polar surface area (TPSA) is 35.5 Å². The van der Waals surface area contributed by atoms with Crippen molar-refractivity contribution in [1.29, 1.82) is 0 Å². The molecule has 104 valence electrons. The highest BCUT2D eigenvalue weighted by Crippen LogP contribution is 2.32. The number of para-hydroxylation sites is 1. The van der Waals surface area contributed by atoms with Crippen LogP contribution in [0.25, 0.3) is 11.1 Å². The van der Waals surface area contributed by atoms with Crippen molar-refractivity contribution in [3.63, 3.8) is 0 Å². The lowest BCUT2D eigenvalue weighted by Crippen LogP contribution is -2.05. The third-order valence-corrected chi connectivity index (χ3v) is 3.03. The summed E-state index contributed by atoms with van der Waals surface area (Å²) in [7, 11) is 1.64. The molecule has 20 heavy (non-hydrogen) atoms. The monoisotopic (exact) mass is 270 g/mol. The van der Waals surface area contributed by atoms with Crippen molar-refractivity contribution in [2.45, 2.75) is 6.92 Å². The van der Waals surface area contributed by atoms with Crippen LogP contribution in [0, 0.1) is 0 Å². The number of ether oxygens (including phenoxy) is 2. The van der Waals surface area contributed by atoms with Crippen LogP contribution >= 0.6 is 0 Å². The van der Waals surface area contributed by atoms with Gasteiger partial charge in [0.25, 0.3) is 0 Å². The second-order valence-corrected chi connectivity index (χ2v) is 4.44. The Balaban J connectivity index is 2.40. The molecule has 0 aliphatic carbocycles. The lowest BCUT2D eigenvalue weighted by molar-refractivity contribution is 0.101. The third-order valence-electron chi connectivity index (χ3n) is 3.03. The molecule has 0 bridgehead atoms. The minimum atomic E-state index is 0.0484. The molecule has 3 heteroatoms. The van der Waals surface area contributed by atoms with Gasteiger partial charge in [-0.15, -0.1) is 0 Å². The summed E-state index contributed by atoms with van der Waals surface area (Å²) in [5, 5.41) is 0. The Labute approximate surface area is 119 Å². The van der Waals surface area contributed by atoms with Gasteiger partial charge in [-0.25, -0.2) is 0 Å². The summed E-state index contributed by atoms with van der Waals surface area (Å²) in [5.41, 5.74) is 2.53. The Morgan fingerprint density at radius 1 is 0.950 bits per heavy atom. The van der Waals surface area contributed by atoms with Crippen molar-refractivity contribution in [2.24, 2.45) is 0 Å². The molecule has 0 heterocycles. The summed E-state index contributed by atoms with van der Waals surface area (Å²) in [6.45, 7) is 2.59. The van der Waals surface area contributed by atoms with E-state index in [4.69, 9.17) is 9.47 Å². The Bertz CT molecular complexity index is 590. The van der Waals surface area contributed by atoms with Crippen molar-refractivity contribution in [1.82, 2.24) is 0 Å². The molecule has 0 radical (unpaired) electrons. The zero-order valence-electron chi connectivity index (χ0n) is 11.8. The van der Waals surface area contributed by atoms with Crippen LogP contribution in [0.2, 0.25) is 0 Å². The van der Waals surface area contributed by atoms with Gasteiger partial charge in [0, 0.05) is 18.2 Å². The maximum absolute atomic E-state index is 11.8. The molecule has 0 saturated carbocycles. The van der Waals surface area contributed by atoms with Gasteiger partial charge in [-0.05, 0) is 18.6 Å². The molecule has 0 aromatic heterocycles. The summed E-state index contributed by atoms with van der Waals surface area (Å²) in [5.74, 6) is 0.811. The van der Waals surface area contributed by atoms with Gasteiger partial charge in [-0.2, -0.15) is 0 Å². The Morgan fingerprint density at radius 3 is 2.30 bits per heavy atom. The van der Waals surface area contributed by atoms with Gasteiger partial charge in [0.15, 0.2) is 5.78 Å². The van der Waals surface area contributed by atoms with Gasteiger partial charge in [-0.3, -0.25) is 4.79 Å². The van der Waals surface area contributed by atoms with Crippen LogP contribution in [0.15, 0.2) is 48.5 Å². The number of hydrogen-bond donors (Lipinski definition) is 0. The van der Waals surface area contributed by atoms with Crippen molar-refractivity contribution >= 4 is 5.78 Å². The van der Waals surface area contributed by atoms with E-state index in [0.717, 1.165) is 16.9 Å². The molecule has 0 aliphatic heterocycles. The number of methoxy groups -OCH3 is 1. The molecule has 2 aromatic rings. The molecule has 0 fully saturated rings. The first kappa shape index (κ1) is 14.3. The lowest BCUT2D eigenvalue weighted by atomic mass is 9.97. The number of rotatable bonds is 6. The van der Waals surface area contributed by atoms with E-state index < -0.39 is 0 Å². The number of Topliss-reactive ketones (excluding diaryl/α,β-unsaturated/α-hetero) is 1. The highest BCUT2D eigenvalue weighted by molar-refractivity contribution is 6.01. The summed E-state index contributed by atoms with van der Waals surface area (Å²) in [6, 6.07) is 15.3. The maximum Gasteiger partial charge on any atom is 0.160 e. The SMILES string of the molecule is COCCOc1ccccc1-c1ccccc1C(C)=O. The Morgan fingerprint density at radius 2 is 1.60 bits per heavy atom. The molecule has 0 atom stereocenters. The van der Waals surface area contributed by atoms with Gasteiger partial charge in [0.1, 0.15) is 12.4 Å². The normalized spacial score (nSPS) is 10.3. The van der Waals surface area contributed by atoms with Crippen LogP contribution in [-0.2, 0) is 4.74 Å². The second kappa shape index (κ2) is 6.87. The van der Waals surface area contributed by atoms with E-state index in [9.17, 15) is 4.79 Å². The van der Waals surface area contributed by atoms with Gasteiger partial charge in [-0.1, -0.05) is 42.5 Å². The minimum absolute atomic E-state index is 0.0484. The molecule has 2 rings (SSSR count). The second-order valence-electron chi connectivity index (χ2n) is 4.44. The first-order valence-electron chi connectivity index (χ1n) is 6.55. The number of carbonyl (C=O) groups is 1. The number of carbonyl (C=O) groups excluding carboxylic acids is 1. The molecule has 0 amide bonds. The molecule has 0 N–H and O–H groups in total. The molecule has 2 aromatic carbocycles. The number of ketones is 1. The van der Waals surface area contributed by atoms with E-state index >= 15 is 0 Å². The van der Waals surface area contributed by atoms with E-state index in [-0.39, 0.29) is 5.78 Å². The summed E-state index contributed by atoms with van der Waals surface area (Å²) < 4.78 is 10.7. The standard InChI is InChI=1S/C17H18O3/c1-13(18)14-7-3-4-8-15(14)16-9-5-6-10-17(16)20-12-11-19-2/h3-10H,11-12H2,1-2H3. The third kappa shape index (κ3) is 3.25. The van der Waals surface area contributed by atoms with Gasteiger partial charge < -0.3 is 9.47 Å². The highest BCUT2D eigenvalue weighted by atomic mass is 16.5. The van der Waals surface area contributed by atoms with Crippen molar-refractivity contribution in [3.05, 3.63) is 54.1 Å². The van der Waals surface area contributed by atoms with Crippen molar-refractivity contribution in [2.75, 3.05) is 20.3 Å². The predicted molar refractivity (Wildman–Crippen MR) is 79.3 cm³/mol. The van der Waals surface area contributed by atoms with Crippen molar-refractivity contribution in [3.8, 4) is 16.9 Å². The molecule has 3 nitrogen and oxygen atoms in total. The van der Waals surface area contributed by atoms with Gasteiger partial charge >= 0.3 is 0 Å². The predicted octanol–water partition coefficient (Wildman–Crippen LogP) is 3.58. The van der Waals surface area contributed by atoms with Crippen LogP contribution in [-0.4, -0.2) is 26.1 Å². The summed E-state index contributed by atoms with van der Waals surface area (Å²) in [4.78, 5) is 11.8. The fourth-order valence-corrected chi connectivity index (χ4v) is 2.07. The first-order valence-corrected chi connectivity index (χ1v) is 6.55. The molecular formula is C17H18O3. The van der Waals surface area contributed by atoms with E-state index in [2.05, 4.69) is 0 Å². The Hall–Kier alpha value is -2.13. The summed E-state index contributed by atoms with van der Waals surface area (Å²) >= 11 is 0. The molecule has 0 spiro atoms. The molecular weight excluding hydrogens is 252 g/mol. The first-order chi connectivity index (χ1) is 9.74. The number of benzene rings is 2. The van der Waals surface area contributed by atoms with Crippen LogP contribution in [0.3, 0.4) is 0 Å². The van der Waals surface area contributed by atoms with Crippen LogP contribution < -0.4 is 4.74 Å². The van der Waals surface area contributed by atoms with Crippen LogP contribution in [0.5, 0.6) is 5.75 Å². The largest absolute Gasteiger partial charge is 0.491 e. The van der Waals surface area contributed by atoms with Crippen LogP contribution in [0.1, 0.15) is 17.3 Å². The van der Waals surface area contributed by atoms with Crippen molar-refractivity contribution < 1.29 is 14.3 Å². The van der Waals surface area contributed by atoms with E-state index in [1.54, 1.807) is 14.0 Å². The van der Waals surface area contributed by atoms with E-state index in [0.29, 0.717) is 18.8 Å². The van der Waals surface area contributed by atoms with E-state index in [1.165, 1.54) is 0 Å². The van der Waals surface area contributed by atoms with E-state index in [1.807, 2.05) is 48.5 Å². The highest BCUT2D eigenvalue weighted by Gasteiger charge is 2.12. The number of hydrogen-bond acceptors (Lipinski definition) is 3. The summed E-state index contributed by atoms with van der Waals surface area (Å²) in [6.07, 6.45) is 0. The van der Waals surface area contributed by atoms with Gasteiger partial charge in [0.2, 0.25) is 0 Å². The molecule has 0 saturated heterocycles. The lowest BCUT2D eigenvalue weighted by Gasteiger charge is -2.13. The smallest absolute Gasteiger partial charge is 0.160 e. The molecule has 0 aliphatic rings. The van der Waals surface area contributed by atoms with Gasteiger partial charge in [0.05, 0.1) is 6.61 Å².